The fourth-order valence-corrected chi connectivity index (χ4v) is 1.43. The third-order valence-electron chi connectivity index (χ3n) is 2.03. The fraction of sp³-hybridized carbons (Fsp3) is 0.857. The number of aliphatic hydroxyl groups excluding tert-OH is 1. The fourth-order valence-electron chi connectivity index (χ4n) is 1.43. The van der Waals surface area contributed by atoms with E-state index in [9.17, 15) is 4.79 Å². The molecule has 2 N–H and O–H groups in total. The highest BCUT2D eigenvalue weighted by atomic mass is 16.7. The molecule has 0 bridgehead atoms. The Balaban J connectivity index is 2.68. The van der Waals surface area contributed by atoms with Gasteiger partial charge in [-0.2, -0.15) is 0 Å². The number of carboxylic acid groups (broad SMARTS) is 1. The molecule has 1 heterocycles. The molecule has 4 atom stereocenters. The molecule has 14 heavy (non-hydrogen) atoms. The maximum atomic E-state index is 10.3. The van der Waals surface area contributed by atoms with Crippen molar-refractivity contribution in [3.05, 3.63) is 0 Å². The molecule has 0 aromatic rings. The van der Waals surface area contributed by atoms with Crippen LogP contribution in [-0.2, 0) is 14.2 Å². The Labute approximate surface area is 82.2 Å². The molecule has 1 fully saturated rings. The molecule has 1 aliphatic rings. The summed E-state index contributed by atoms with van der Waals surface area (Å²) in [7, 11) is 6.86. The van der Waals surface area contributed by atoms with Crippen LogP contribution in [0.25, 0.3) is 0 Å². The first-order chi connectivity index (χ1) is 6.60. The maximum Gasteiger partial charge on any atom is 0.506 e. The number of ether oxygens (including phenoxy) is 3. The number of hydrogen-bond donors (Lipinski definition) is 2. The van der Waals surface area contributed by atoms with Crippen molar-refractivity contribution in [2.75, 3.05) is 13.7 Å². The predicted molar refractivity (Wildman–Crippen MR) is 45.2 cm³/mol. The summed E-state index contributed by atoms with van der Waals surface area (Å²) in [6.45, 7) is -0.370. The Hall–Kier alpha value is -0.785. The van der Waals surface area contributed by atoms with Crippen molar-refractivity contribution in [2.45, 2.75) is 24.3 Å². The van der Waals surface area contributed by atoms with E-state index < -0.39 is 30.5 Å². The van der Waals surface area contributed by atoms with Gasteiger partial charge in [-0.05, 0) is 0 Å². The first-order valence-corrected chi connectivity index (χ1v) is 4.04. The van der Waals surface area contributed by atoms with Crippen molar-refractivity contribution in [1.82, 2.24) is 0 Å². The Morgan fingerprint density at radius 2 is 2.21 bits per heavy atom. The summed E-state index contributed by atoms with van der Waals surface area (Å²) >= 11 is 0. The minimum absolute atomic E-state index is 0.370. The SMILES string of the molecule is [B]C1OC(CO)C(OC(=O)O)C1OC. The lowest BCUT2D eigenvalue weighted by Gasteiger charge is -2.20. The van der Waals surface area contributed by atoms with Gasteiger partial charge in [-0.1, -0.05) is 0 Å². The number of methoxy groups -OCH3 is 1. The quantitative estimate of drug-likeness (QED) is 0.448. The van der Waals surface area contributed by atoms with E-state index in [4.69, 9.17) is 27.5 Å². The van der Waals surface area contributed by atoms with Gasteiger partial charge in [0, 0.05) is 13.1 Å². The first-order valence-electron chi connectivity index (χ1n) is 4.04. The van der Waals surface area contributed by atoms with Crippen molar-refractivity contribution in [2.24, 2.45) is 0 Å². The number of hydrogen-bond acceptors (Lipinski definition) is 5. The molecular weight excluding hydrogens is 191 g/mol. The minimum atomic E-state index is -1.45. The molecule has 0 saturated carbocycles. The standard InChI is InChI=1S/C7H11BO6/c1-12-5-4(14-7(10)11)3(2-9)13-6(5)8/h3-6,9H,2H2,1H3,(H,10,11). The second-order valence-electron chi connectivity index (χ2n) is 2.87. The van der Waals surface area contributed by atoms with Crippen LogP contribution in [0.15, 0.2) is 0 Å². The van der Waals surface area contributed by atoms with Crippen LogP contribution in [-0.4, -0.2) is 62.2 Å². The molecular formula is C7H11BO6. The summed E-state index contributed by atoms with van der Waals surface area (Å²) in [4.78, 5) is 10.3. The smallest absolute Gasteiger partial charge is 0.450 e. The van der Waals surface area contributed by atoms with E-state index in [0.717, 1.165) is 0 Å². The molecule has 4 unspecified atom stereocenters. The van der Waals surface area contributed by atoms with Crippen LogP contribution in [0, 0.1) is 0 Å². The van der Waals surface area contributed by atoms with Gasteiger partial charge in [-0.25, -0.2) is 4.79 Å². The van der Waals surface area contributed by atoms with Crippen molar-refractivity contribution in [3.8, 4) is 0 Å². The molecule has 1 aliphatic heterocycles. The van der Waals surface area contributed by atoms with Gasteiger partial charge in [0.1, 0.15) is 20.1 Å². The average Bonchev–Trinajstić information content (AvgIpc) is 2.41. The highest BCUT2D eigenvalue weighted by Crippen LogP contribution is 2.24. The zero-order valence-electron chi connectivity index (χ0n) is 7.62. The number of rotatable bonds is 3. The van der Waals surface area contributed by atoms with E-state index in [1.54, 1.807) is 0 Å². The Morgan fingerprint density at radius 3 is 2.64 bits per heavy atom. The molecule has 0 amide bonds. The van der Waals surface area contributed by atoms with Gasteiger partial charge in [0.25, 0.3) is 0 Å². The summed E-state index contributed by atoms with van der Waals surface area (Å²) in [6.07, 6.45) is -3.81. The van der Waals surface area contributed by atoms with Crippen molar-refractivity contribution >= 4 is 14.0 Å². The van der Waals surface area contributed by atoms with Crippen molar-refractivity contribution in [1.29, 1.82) is 0 Å². The van der Waals surface area contributed by atoms with Gasteiger partial charge in [-0.3, -0.25) is 0 Å². The molecule has 1 saturated heterocycles. The summed E-state index contributed by atoms with van der Waals surface area (Å²) < 4.78 is 14.5. The van der Waals surface area contributed by atoms with Crippen LogP contribution in [0.2, 0.25) is 0 Å². The molecule has 2 radical (unpaired) electrons. The van der Waals surface area contributed by atoms with E-state index in [-0.39, 0.29) is 6.61 Å². The maximum absolute atomic E-state index is 10.3. The summed E-state index contributed by atoms with van der Waals surface area (Å²) in [5, 5.41) is 17.3. The Kier molecular flexibility index (Phi) is 3.73. The molecule has 0 aliphatic carbocycles. The van der Waals surface area contributed by atoms with E-state index in [2.05, 4.69) is 4.74 Å². The van der Waals surface area contributed by atoms with Gasteiger partial charge >= 0.3 is 6.16 Å². The zero-order valence-corrected chi connectivity index (χ0v) is 7.62. The molecule has 0 spiro atoms. The predicted octanol–water partition coefficient (Wildman–Crippen LogP) is -1.05. The van der Waals surface area contributed by atoms with E-state index in [1.165, 1.54) is 7.11 Å². The lowest BCUT2D eigenvalue weighted by atomic mass is 9.93. The average molecular weight is 202 g/mol. The first kappa shape index (κ1) is 11.3. The van der Waals surface area contributed by atoms with Crippen LogP contribution in [0.3, 0.4) is 0 Å². The zero-order chi connectivity index (χ0) is 10.7. The number of aliphatic hydroxyl groups is 1. The number of carbonyl (C=O) groups is 1. The van der Waals surface area contributed by atoms with Gasteiger partial charge in [0.05, 0.1) is 6.61 Å². The molecule has 1 rings (SSSR count). The van der Waals surface area contributed by atoms with Crippen LogP contribution in [0.4, 0.5) is 4.79 Å². The van der Waals surface area contributed by atoms with Gasteiger partial charge < -0.3 is 24.4 Å². The minimum Gasteiger partial charge on any atom is -0.450 e. The second kappa shape index (κ2) is 4.63. The molecule has 0 aromatic heterocycles. The van der Waals surface area contributed by atoms with Gasteiger partial charge in [0.2, 0.25) is 0 Å². The lowest BCUT2D eigenvalue weighted by molar-refractivity contribution is -0.0415. The van der Waals surface area contributed by atoms with E-state index >= 15 is 0 Å². The van der Waals surface area contributed by atoms with Gasteiger partial charge in [0.15, 0.2) is 6.10 Å². The summed E-state index contributed by atoms with van der Waals surface area (Å²) in [5.41, 5.74) is 0. The third-order valence-corrected chi connectivity index (χ3v) is 2.03. The van der Waals surface area contributed by atoms with Crippen molar-refractivity contribution < 1.29 is 29.2 Å². The third kappa shape index (κ3) is 2.17. The normalized spacial score (nSPS) is 37.0. The Morgan fingerprint density at radius 1 is 1.57 bits per heavy atom. The topological polar surface area (TPSA) is 85.2 Å². The van der Waals surface area contributed by atoms with Gasteiger partial charge in [-0.15, -0.1) is 0 Å². The monoisotopic (exact) mass is 202 g/mol. The molecule has 0 aromatic carbocycles. The van der Waals surface area contributed by atoms with Crippen molar-refractivity contribution in [3.63, 3.8) is 0 Å². The van der Waals surface area contributed by atoms with E-state index in [0.29, 0.717) is 0 Å². The lowest BCUT2D eigenvalue weighted by Crippen LogP contribution is -2.39. The van der Waals surface area contributed by atoms with Crippen LogP contribution < -0.4 is 0 Å². The highest BCUT2D eigenvalue weighted by Gasteiger charge is 2.44. The molecule has 7 heteroatoms. The molecule has 6 nitrogen and oxygen atoms in total. The molecule has 78 valence electrons. The summed E-state index contributed by atoms with van der Waals surface area (Å²) in [6, 6.07) is -0.790. The van der Waals surface area contributed by atoms with Crippen LogP contribution in [0.5, 0.6) is 0 Å². The largest absolute Gasteiger partial charge is 0.506 e. The summed E-state index contributed by atoms with van der Waals surface area (Å²) in [5.74, 6) is 0. The van der Waals surface area contributed by atoms with Crippen LogP contribution in [0.1, 0.15) is 0 Å². The van der Waals surface area contributed by atoms with Crippen LogP contribution >= 0.6 is 0 Å². The highest BCUT2D eigenvalue weighted by molar-refractivity contribution is 6.11. The Bertz CT molecular complexity index is 210. The second-order valence-corrected chi connectivity index (χ2v) is 2.87. The van der Waals surface area contributed by atoms with E-state index in [1.807, 2.05) is 0 Å².